The highest BCUT2D eigenvalue weighted by atomic mass is 35.5. The van der Waals surface area contributed by atoms with E-state index in [1.54, 1.807) is 18.2 Å². The van der Waals surface area contributed by atoms with Gasteiger partial charge in [-0.2, -0.15) is 0 Å². The predicted octanol–water partition coefficient (Wildman–Crippen LogP) is 5.61. The number of piperidine rings is 1. The monoisotopic (exact) mass is 488 g/mol. The first-order valence-corrected chi connectivity index (χ1v) is 12.8. The van der Waals surface area contributed by atoms with Gasteiger partial charge in [0.2, 0.25) is 0 Å². The molecule has 0 aliphatic carbocycles. The fraction of sp³-hybridized carbons (Fsp3) is 0.519. The standard InChI is InChI=1S/C27H34Cl2N2O2/c1-20-6-2-3-7-22(20)8-5-12-27(33)13-16-30(17-14-27)18-21-11-15-31(19-21)26(32)23-9-4-10-24(28)25(23)29/h2-4,6-7,9-10,21,33H,5,8,11-19H2,1H3. The van der Waals surface area contributed by atoms with E-state index in [0.29, 0.717) is 21.5 Å². The summed E-state index contributed by atoms with van der Waals surface area (Å²) in [5, 5.41) is 11.8. The number of hydrogen-bond donors (Lipinski definition) is 1. The summed E-state index contributed by atoms with van der Waals surface area (Å²) in [6.45, 7) is 6.48. The van der Waals surface area contributed by atoms with Crippen molar-refractivity contribution in [3.8, 4) is 0 Å². The molecular weight excluding hydrogens is 455 g/mol. The van der Waals surface area contributed by atoms with Gasteiger partial charge >= 0.3 is 0 Å². The highest BCUT2D eigenvalue weighted by Crippen LogP contribution is 2.31. The van der Waals surface area contributed by atoms with Crippen molar-refractivity contribution in [2.45, 2.75) is 51.0 Å². The quantitative estimate of drug-likeness (QED) is 0.550. The first-order chi connectivity index (χ1) is 15.8. The highest BCUT2D eigenvalue weighted by molar-refractivity contribution is 6.43. The second-order valence-corrected chi connectivity index (χ2v) is 10.6. The molecule has 0 saturated carbocycles. The van der Waals surface area contributed by atoms with E-state index in [1.807, 2.05) is 4.90 Å². The molecule has 2 saturated heterocycles. The Hall–Kier alpha value is -1.59. The van der Waals surface area contributed by atoms with Crippen molar-refractivity contribution >= 4 is 29.1 Å². The molecule has 2 aliphatic rings. The van der Waals surface area contributed by atoms with E-state index in [1.165, 1.54) is 11.1 Å². The maximum absolute atomic E-state index is 12.9. The summed E-state index contributed by atoms with van der Waals surface area (Å²) in [4.78, 5) is 17.3. The van der Waals surface area contributed by atoms with Crippen LogP contribution in [0, 0.1) is 12.8 Å². The molecule has 0 spiro atoms. The number of likely N-dealkylation sites (tertiary alicyclic amines) is 2. The van der Waals surface area contributed by atoms with Crippen LogP contribution in [0.4, 0.5) is 0 Å². The zero-order valence-electron chi connectivity index (χ0n) is 19.4. The van der Waals surface area contributed by atoms with Gasteiger partial charge in [0, 0.05) is 32.7 Å². The maximum atomic E-state index is 12.9. The van der Waals surface area contributed by atoms with Crippen LogP contribution in [0.5, 0.6) is 0 Å². The van der Waals surface area contributed by atoms with Gasteiger partial charge in [0.05, 0.1) is 21.2 Å². The second kappa shape index (κ2) is 10.8. The smallest absolute Gasteiger partial charge is 0.255 e. The molecule has 2 aromatic carbocycles. The van der Waals surface area contributed by atoms with Gasteiger partial charge in [0.15, 0.2) is 0 Å². The molecule has 178 valence electrons. The van der Waals surface area contributed by atoms with Gasteiger partial charge in [-0.25, -0.2) is 0 Å². The lowest BCUT2D eigenvalue weighted by Gasteiger charge is -2.39. The molecular formula is C27H34Cl2N2O2. The van der Waals surface area contributed by atoms with Gasteiger partial charge in [-0.05, 0) is 74.6 Å². The van der Waals surface area contributed by atoms with E-state index >= 15 is 0 Å². The van der Waals surface area contributed by atoms with Gasteiger partial charge in [-0.3, -0.25) is 4.79 Å². The van der Waals surface area contributed by atoms with Gasteiger partial charge < -0.3 is 14.9 Å². The molecule has 0 aromatic heterocycles. The summed E-state index contributed by atoms with van der Waals surface area (Å²) in [6, 6.07) is 13.7. The van der Waals surface area contributed by atoms with Crippen LogP contribution < -0.4 is 0 Å². The minimum atomic E-state index is -0.541. The summed E-state index contributed by atoms with van der Waals surface area (Å²) < 4.78 is 0. The number of benzene rings is 2. The van der Waals surface area contributed by atoms with Gasteiger partial charge in [0.1, 0.15) is 0 Å². The second-order valence-electron chi connectivity index (χ2n) is 9.81. The summed E-state index contributed by atoms with van der Waals surface area (Å²) in [6.07, 6.45) is 5.57. The third-order valence-electron chi connectivity index (χ3n) is 7.41. The number of carbonyl (C=O) groups is 1. The molecule has 33 heavy (non-hydrogen) atoms. The number of hydrogen-bond acceptors (Lipinski definition) is 3. The molecule has 0 bridgehead atoms. The van der Waals surface area contributed by atoms with E-state index < -0.39 is 5.60 Å². The highest BCUT2D eigenvalue weighted by Gasteiger charge is 2.34. The van der Waals surface area contributed by atoms with E-state index in [-0.39, 0.29) is 5.91 Å². The van der Waals surface area contributed by atoms with Crippen molar-refractivity contribution < 1.29 is 9.90 Å². The molecule has 2 fully saturated rings. The molecule has 4 nitrogen and oxygen atoms in total. The molecule has 1 amide bonds. The normalized spacial score (nSPS) is 20.8. The number of amides is 1. The van der Waals surface area contributed by atoms with Gasteiger partial charge in [-0.1, -0.05) is 53.5 Å². The Balaban J connectivity index is 1.21. The summed E-state index contributed by atoms with van der Waals surface area (Å²) in [5.41, 5.74) is 2.66. The molecule has 1 unspecified atom stereocenters. The van der Waals surface area contributed by atoms with E-state index in [4.69, 9.17) is 23.2 Å². The zero-order chi connectivity index (χ0) is 23.4. The summed E-state index contributed by atoms with van der Waals surface area (Å²) in [5.74, 6) is 0.422. The lowest BCUT2D eigenvalue weighted by atomic mass is 9.85. The van der Waals surface area contributed by atoms with E-state index in [2.05, 4.69) is 36.1 Å². The Labute approximate surface area is 207 Å². The predicted molar refractivity (Wildman–Crippen MR) is 135 cm³/mol. The van der Waals surface area contributed by atoms with Crippen LogP contribution in [0.1, 0.15) is 53.6 Å². The topological polar surface area (TPSA) is 43.8 Å². The molecule has 1 atom stereocenters. The van der Waals surface area contributed by atoms with Crippen LogP contribution in [0.25, 0.3) is 0 Å². The number of aliphatic hydroxyl groups is 1. The molecule has 2 aromatic rings. The van der Waals surface area contributed by atoms with Crippen LogP contribution in [0.15, 0.2) is 42.5 Å². The fourth-order valence-electron chi connectivity index (χ4n) is 5.27. The first-order valence-electron chi connectivity index (χ1n) is 12.1. The number of nitrogens with zero attached hydrogens (tertiary/aromatic N) is 2. The van der Waals surface area contributed by atoms with Crippen molar-refractivity contribution in [1.29, 1.82) is 0 Å². The molecule has 6 heteroatoms. The number of carbonyl (C=O) groups excluding carboxylic acids is 1. The Kier molecular flexibility index (Phi) is 8.01. The summed E-state index contributed by atoms with van der Waals surface area (Å²) in [7, 11) is 0. The van der Waals surface area contributed by atoms with Crippen molar-refractivity contribution in [2.24, 2.45) is 5.92 Å². The molecule has 2 aliphatic heterocycles. The molecule has 0 radical (unpaired) electrons. The molecule has 1 N–H and O–H groups in total. The Morgan fingerprint density at radius 3 is 2.61 bits per heavy atom. The Morgan fingerprint density at radius 2 is 1.85 bits per heavy atom. The van der Waals surface area contributed by atoms with E-state index in [0.717, 1.165) is 71.2 Å². The maximum Gasteiger partial charge on any atom is 0.255 e. The van der Waals surface area contributed by atoms with Crippen LogP contribution >= 0.6 is 23.2 Å². The number of aryl methyl sites for hydroxylation is 2. The van der Waals surface area contributed by atoms with Gasteiger partial charge in [0.25, 0.3) is 5.91 Å². The number of halogens is 2. The van der Waals surface area contributed by atoms with Crippen molar-refractivity contribution in [2.75, 3.05) is 32.7 Å². The lowest BCUT2D eigenvalue weighted by Crippen LogP contribution is -2.46. The molecule has 4 rings (SSSR count). The lowest BCUT2D eigenvalue weighted by molar-refractivity contribution is -0.0312. The van der Waals surface area contributed by atoms with Gasteiger partial charge in [-0.15, -0.1) is 0 Å². The Bertz CT molecular complexity index is 972. The molecule has 2 heterocycles. The Morgan fingerprint density at radius 1 is 1.09 bits per heavy atom. The minimum Gasteiger partial charge on any atom is -0.390 e. The van der Waals surface area contributed by atoms with Crippen LogP contribution in [0.2, 0.25) is 10.0 Å². The first kappa shape index (κ1) is 24.5. The summed E-state index contributed by atoms with van der Waals surface area (Å²) >= 11 is 12.3. The third-order valence-corrected chi connectivity index (χ3v) is 8.23. The minimum absolute atomic E-state index is 0.0355. The van der Waals surface area contributed by atoms with Crippen LogP contribution in [-0.4, -0.2) is 59.1 Å². The average Bonchev–Trinajstić information content (AvgIpc) is 3.27. The third kappa shape index (κ3) is 6.10. The average molecular weight is 489 g/mol. The van der Waals surface area contributed by atoms with Crippen molar-refractivity contribution in [3.05, 3.63) is 69.2 Å². The number of rotatable bonds is 7. The largest absolute Gasteiger partial charge is 0.390 e. The van der Waals surface area contributed by atoms with Crippen molar-refractivity contribution in [3.63, 3.8) is 0 Å². The van der Waals surface area contributed by atoms with Crippen LogP contribution in [0.3, 0.4) is 0 Å². The zero-order valence-corrected chi connectivity index (χ0v) is 20.9. The van der Waals surface area contributed by atoms with Crippen molar-refractivity contribution in [1.82, 2.24) is 9.80 Å². The van der Waals surface area contributed by atoms with Crippen LogP contribution in [-0.2, 0) is 6.42 Å². The van der Waals surface area contributed by atoms with E-state index in [9.17, 15) is 9.90 Å². The fourth-order valence-corrected chi connectivity index (χ4v) is 5.65. The SMILES string of the molecule is Cc1ccccc1CCCC1(O)CCN(CC2CCN(C(=O)c3cccc(Cl)c3Cl)C2)CC1.